The first-order chi connectivity index (χ1) is 7.58. The predicted molar refractivity (Wildman–Crippen MR) is 60.5 cm³/mol. The minimum atomic E-state index is -0.437. The standard InChI is InChI=1S/C12H13ClFNO/c1-7-4-9(7)12(16)15-6-8-2-3-11(14)10(13)5-8/h2-3,5,7,9H,4,6H2,1H3,(H,15,16)/t7-,9+/m1/s1. The van der Waals surface area contributed by atoms with Crippen LogP contribution in [0, 0.1) is 17.7 Å². The Morgan fingerprint density at radius 1 is 1.62 bits per heavy atom. The zero-order valence-electron chi connectivity index (χ0n) is 8.97. The maximum absolute atomic E-state index is 12.9. The third kappa shape index (κ3) is 2.53. The van der Waals surface area contributed by atoms with Crippen molar-refractivity contribution < 1.29 is 9.18 Å². The lowest BCUT2D eigenvalue weighted by Gasteiger charge is -2.05. The normalized spacial score (nSPS) is 22.9. The number of nitrogens with one attached hydrogen (secondary N) is 1. The van der Waals surface area contributed by atoms with E-state index in [1.807, 2.05) is 0 Å². The van der Waals surface area contributed by atoms with E-state index in [2.05, 4.69) is 12.2 Å². The van der Waals surface area contributed by atoms with Crippen LogP contribution in [0.15, 0.2) is 18.2 Å². The molecule has 1 amide bonds. The van der Waals surface area contributed by atoms with Gasteiger partial charge in [-0.15, -0.1) is 0 Å². The maximum atomic E-state index is 12.9. The number of rotatable bonds is 3. The molecule has 1 fully saturated rings. The SMILES string of the molecule is C[C@@H]1C[C@@H]1C(=O)NCc1ccc(F)c(Cl)c1. The molecular weight excluding hydrogens is 229 g/mol. The highest BCUT2D eigenvalue weighted by molar-refractivity contribution is 6.30. The molecule has 2 rings (SSSR count). The van der Waals surface area contributed by atoms with Crippen molar-refractivity contribution in [3.63, 3.8) is 0 Å². The number of benzene rings is 1. The fraction of sp³-hybridized carbons (Fsp3) is 0.417. The predicted octanol–water partition coefficient (Wildman–Crippen LogP) is 2.75. The molecule has 2 nitrogen and oxygen atoms in total. The maximum Gasteiger partial charge on any atom is 0.223 e. The van der Waals surface area contributed by atoms with Crippen LogP contribution in [0.4, 0.5) is 4.39 Å². The number of carbonyl (C=O) groups is 1. The topological polar surface area (TPSA) is 29.1 Å². The molecule has 1 N–H and O–H groups in total. The van der Waals surface area contributed by atoms with Crippen LogP contribution >= 0.6 is 11.6 Å². The summed E-state index contributed by atoms with van der Waals surface area (Å²) in [5.41, 5.74) is 0.813. The van der Waals surface area contributed by atoms with Crippen molar-refractivity contribution >= 4 is 17.5 Å². The van der Waals surface area contributed by atoms with Gasteiger partial charge in [0.05, 0.1) is 5.02 Å². The molecule has 0 unspecified atom stereocenters. The van der Waals surface area contributed by atoms with Gasteiger partial charge in [0.15, 0.2) is 0 Å². The molecule has 2 atom stereocenters. The molecule has 0 aliphatic heterocycles. The zero-order chi connectivity index (χ0) is 11.7. The van der Waals surface area contributed by atoms with Gasteiger partial charge in [-0.25, -0.2) is 4.39 Å². The van der Waals surface area contributed by atoms with Gasteiger partial charge in [-0.1, -0.05) is 24.6 Å². The van der Waals surface area contributed by atoms with E-state index in [1.54, 1.807) is 6.07 Å². The summed E-state index contributed by atoms with van der Waals surface area (Å²) in [5.74, 6) is 0.299. The largest absolute Gasteiger partial charge is 0.352 e. The highest BCUT2D eigenvalue weighted by atomic mass is 35.5. The molecule has 0 radical (unpaired) electrons. The molecule has 0 bridgehead atoms. The summed E-state index contributed by atoms with van der Waals surface area (Å²) in [6.45, 7) is 2.46. The van der Waals surface area contributed by atoms with E-state index in [-0.39, 0.29) is 16.8 Å². The van der Waals surface area contributed by atoms with E-state index in [9.17, 15) is 9.18 Å². The van der Waals surface area contributed by atoms with Gasteiger partial charge in [-0.2, -0.15) is 0 Å². The monoisotopic (exact) mass is 241 g/mol. The Bertz CT molecular complexity index is 421. The average molecular weight is 242 g/mol. The second kappa shape index (κ2) is 4.42. The lowest BCUT2D eigenvalue weighted by atomic mass is 10.2. The van der Waals surface area contributed by atoms with Crippen LogP contribution in [-0.2, 0) is 11.3 Å². The van der Waals surface area contributed by atoms with Crippen LogP contribution in [0.3, 0.4) is 0 Å². The quantitative estimate of drug-likeness (QED) is 0.866. The van der Waals surface area contributed by atoms with Crippen LogP contribution in [-0.4, -0.2) is 5.91 Å². The summed E-state index contributed by atoms with van der Waals surface area (Å²) in [6, 6.07) is 4.47. The zero-order valence-corrected chi connectivity index (χ0v) is 9.72. The van der Waals surface area contributed by atoms with Gasteiger partial charge in [0, 0.05) is 12.5 Å². The third-order valence-electron chi connectivity index (χ3n) is 2.90. The van der Waals surface area contributed by atoms with Crippen LogP contribution in [0.5, 0.6) is 0 Å². The molecule has 1 aliphatic rings. The number of halogens is 2. The lowest BCUT2D eigenvalue weighted by Crippen LogP contribution is -2.24. The first-order valence-corrected chi connectivity index (χ1v) is 5.67. The molecule has 0 heterocycles. The van der Waals surface area contributed by atoms with Gasteiger partial charge in [-0.3, -0.25) is 4.79 Å². The van der Waals surface area contributed by atoms with E-state index in [4.69, 9.17) is 11.6 Å². The molecule has 0 aromatic heterocycles. The number of carbonyl (C=O) groups excluding carboxylic acids is 1. The minimum Gasteiger partial charge on any atom is -0.352 e. The third-order valence-corrected chi connectivity index (χ3v) is 3.19. The van der Waals surface area contributed by atoms with Crippen LogP contribution in [0.2, 0.25) is 5.02 Å². The van der Waals surface area contributed by atoms with Crippen molar-refractivity contribution in [1.29, 1.82) is 0 Å². The first kappa shape index (κ1) is 11.4. The molecule has 16 heavy (non-hydrogen) atoms. The average Bonchev–Trinajstić information content (AvgIpc) is 2.97. The molecular formula is C12H13ClFNO. The summed E-state index contributed by atoms with van der Waals surface area (Å²) in [4.78, 5) is 11.5. The summed E-state index contributed by atoms with van der Waals surface area (Å²) >= 11 is 5.64. The Hall–Kier alpha value is -1.09. The highest BCUT2D eigenvalue weighted by Gasteiger charge is 2.38. The molecule has 4 heteroatoms. The molecule has 86 valence electrons. The van der Waals surface area contributed by atoms with Gasteiger partial charge in [0.2, 0.25) is 5.91 Å². The Morgan fingerprint density at radius 3 is 2.88 bits per heavy atom. The summed E-state index contributed by atoms with van der Waals surface area (Å²) in [5, 5.41) is 2.91. The van der Waals surface area contributed by atoms with Crippen LogP contribution in [0.1, 0.15) is 18.9 Å². The Morgan fingerprint density at radius 2 is 2.31 bits per heavy atom. The van der Waals surface area contributed by atoms with Gasteiger partial charge in [-0.05, 0) is 30.0 Å². The van der Waals surface area contributed by atoms with E-state index in [0.29, 0.717) is 12.5 Å². The Kier molecular flexibility index (Phi) is 3.15. The molecule has 1 aliphatic carbocycles. The van der Waals surface area contributed by atoms with Crippen molar-refractivity contribution in [1.82, 2.24) is 5.32 Å². The number of hydrogen-bond donors (Lipinski definition) is 1. The van der Waals surface area contributed by atoms with Crippen LogP contribution < -0.4 is 5.32 Å². The Balaban J connectivity index is 1.89. The molecule has 0 spiro atoms. The summed E-state index contributed by atoms with van der Waals surface area (Å²) in [7, 11) is 0. The molecule has 0 saturated heterocycles. The highest BCUT2D eigenvalue weighted by Crippen LogP contribution is 2.37. The van der Waals surface area contributed by atoms with Gasteiger partial charge in [0.1, 0.15) is 5.82 Å². The van der Waals surface area contributed by atoms with E-state index < -0.39 is 5.82 Å². The van der Waals surface area contributed by atoms with E-state index >= 15 is 0 Å². The van der Waals surface area contributed by atoms with Gasteiger partial charge < -0.3 is 5.32 Å². The summed E-state index contributed by atoms with van der Waals surface area (Å²) in [6.07, 6.45) is 0.968. The lowest BCUT2D eigenvalue weighted by molar-refractivity contribution is -0.122. The van der Waals surface area contributed by atoms with Crippen molar-refractivity contribution in [2.24, 2.45) is 11.8 Å². The minimum absolute atomic E-state index is 0.0768. The molecule has 1 aromatic rings. The van der Waals surface area contributed by atoms with Crippen molar-refractivity contribution in [2.75, 3.05) is 0 Å². The summed E-state index contributed by atoms with van der Waals surface area (Å²) < 4.78 is 12.9. The molecule has 1 saturated carbocycles. The molecule has 1 aromatic carbocycles. The number of hydrogen-bond acceptors (Lipinski definition) is 1. The van der Waals surface area contributed by atoms with E-state index in [0.717, 1.165) is 12.0 Å². The van der Waals surface area contributed by atoms with Crippen LogP contribution in [0.25, 0.3) is 0 Å². The van der Waals surface area contributed by atoms with E-state index in [1.165, 1.54) is 12.1 Å². The Labute approximate surface area is 98.8 Å². The smallest absolute Gasteiger partial charge is 0.223 e. The number of amides is 1. The van der Waals surface area contributed by atoms with Gasteiger partial charge >= 0.3 is 0 Å². The second-order valence-corrected chi connectivity index (χ2v) is 4.69. The first-order valence-electron chi connectivity index (χ1n) is 5.29. The fourth-order valence-corrected chi connectivity index (χ4v) is 1.86. The van der Waals surface area contributed by atoms with Crippen molar-refractivity contribution in [2.45, 2.75) is 19.9 Å². The fourth-order valence-electron chi connectivity index (χ4n) is 1.66. The van der Waals surface area contributed by atoms with Crippen molar-refractivity contribution in [3.8, 4) is 0 Å². The van der Waals surface area contributed by atoms with Crippen molar-refractivity contribution in [3.05, 3.63) is 34.6 Å². The second-order valence-electron chi connectivity index (χ2n) is 4.29. The van der Waals surface area contributed by atoms with Gasteiger partial charge in [0.25, 0.3) is 0 Å².